The lowest BCUT2D eigenvalue weighted by molar-refractivity contribution is -0.137. The molecule has 1 aliphatic carbocycles. The number of nitrogens with one attached hydrogen (secondary N) is 1. The van der Waals surface area contributed by atoms with Crippen LogP contribution < -0.4 is 5.32 Å². The van der Waals surface area contributed by atoms with E-state index in [9.17, 15) is 4.79 Å². The van der Waals surface area contributed by atoms with Crippen molar-refractivity contribution in [2.75, 3.05) is 19.8 Å². The Morgan fingerprint density at radius 2 is 2.00 bits per heavy atom. The van der Waals surface area contributed by atoms with Crippen LogP contribution in [0, 0.1) is 0 Å². The molecule has 1 atom stereocenters. The molecule has 2 fully saturated rings. The zero-order valence-electron chi connectivity index (χ0n) is 12.7. The summed E-state index contributed by atoms with van der Waals surface area (Å²) in [5.74, 6) is 0.191. The third-order valence-electron chi connectivity index (χ3n) is 4.27. The third-order valence-corrected chi connectivity index (χ3v) is 4.27. The van der Waals surface area contributed by atoms with Crippen LogP contribution >= 0.6 is 0 Å². The Bertz CT molecular complexity index is 476. The molecule has 0 bridgehead atoms. The predicted octanol–water partition coefficient (Wildman–Crippen LogP) is 1.73. The molecule has 3 rings (SSSR count). The van der Waals surface area contributed by atoms with Gasteiger partial charge in [-0.05, 0) is 30.4 Å². The lowest BCUT2D eigenvalue weighted by Crippen LogP contribution is -2.52. The van der Waals surface area contributed by atoms with E-state index >= 15 is 0 Å². The van der Waals surface area contributed by atoms with Crippen LogP contribution in [0.5, 0.6) is 0 Å². The highest BCUT2D eigenvalue weighted by atomic mass is 16.5. The summed E-state index contributed by atoms with van der Waals surface area (Å²) in [5.41, 5.74) is 2.55. The van der Waals surface area contributed by atoms with Crippen LogP contribution in [0.25, 0.3) is 0 Å². The summed E-state index contributed by atoms with van der Waals surface area (Å²) in [5, 5.41) is 3.27. The fourth-order valence-corrected chi connectivity index (χ4v) is 2.77. The first-order valence-corrected chi connectivity index (χ1v) is 7.97. The normalized spacial score (nSPS) is 22.0. The van der Waals surface area contributed by atoms with Gasteiger partial charge in [-0.25, -0.2) is 0 Å². The number of ether oxygens (including phenoxy) is 1. The quantitative estimate of drug-likeness (QED) is 0.897. The van der Waals surface area contributed by atoms with Gasteiger partial charge in [-0.1, -0.05) is 31.2 Å². The second-order valence-corrected chi connectivity index (χ2v) is 5.95. The molecular formula is C17H24N2O2. The first kappa shape index (κ1) is 14.5. The summed E-state index contributed by atoms with van der Waals surface area (Å²) in [4.78, 5) is 14.7. The van der Waals surface area contributed by atoms with Crippen molar-refractivity contribution < 1.29 is 9.53 Å². The van der Waals surface area contributed by atoms with Crippen molar-refractivity contribution in [3.63, 3.8) is 0 Å². The Hall–Kier alpha value is -1.39. The first-order chi connectivity index (χ1) is 10.3. The fraction of sp³-hybridized carbons (Fsp3) is 0.588. The zero-order valence-corrected chi connectivity index (χ0v) is 12.7. The van der Waals surface area contributed by atoms with Crippen LogP contribution in [-0.4, -0.2) is 42.6 Å². The average Bonchev–Trinajstić information content (AvgIpc) is 3.38. The number of carbonyl (C=O) groups is 1. The maximum absolute atomic E-state index is 12.7. The SMILES string of the molecule is CCc1ccc(CN(C(=O)C2COCCN2)C2CC2)cc1. The molecule has 1 unspecified atom stereocenters. The van der Waals surface area contributed by atoms with E-state index in [0.717, 1.165) is 25.8 Å². The number of hydrogen-bond donors (Lipinski definition) is 1. The molecule has 1 N–H and O–H groups in total. The summed E-state index contributed by atoms with van der Waals surface area (Å²) >= 11 is 0. The Kier molecular flexibility index (Phi) is 4.56. The summed E-state index contributed by atoms with van der Waals surface area (Å²) in [6.45, 7) is 4.83. The second kappa shape index (κ2) is 6.58. The number of carbonyl (C=O) groups excluding carboxylic acids is 1. The van der Waals surface area contributed by atoms with Gasteiger partial charge in [-0.3, -0.25) is 4.79 Å². The van der Waals surface area contributed by atoms with Crippen molar-refractivity contribution in [1.82, 2.24) is 10.2 Å². The fourth-order valence-electron chi connectivity index (χ4n) is 2.77. The Labute approximate surface area is 126 Å². The number of nitrogens with zero attached hydrogens (tertiary/aromatic N) is 1. The molecule has 114 valence electrons. The van der Waals surface area contributed by atoms with Gasteiger partial charge < -0.3 is 15.0 Å². The highest BCUT2D eigenvalue weighted by molar-refractivity contribution is 5.82. The standard InChI is InChI=1S/C17H24N2O2/c1-2-13-3-5-14(6-4-13)11-19(15-7-8-15)17(20)16-12-21-10-9-18-16/h3-6,15-16,18H,2,7-12H2,1H3. The molecule has 4 nitrogen and oxygen atoms in total. The minimum atomic E-state index is -0.172. The summed E-state index contributed by atoms with van der Waals surface area (Å²) < 4.78 is 5.42. The Morgan fingerprint density at radius 1 is 1.29 bits per heavy atom. The van der Waals surface area contributed by atoms with E-state index in [0.29, 0.717) is 25.8 Å². The summed E-state index contributed by atoms with van der Waals surface area (Å²) in [7, 11) is 0. The lowest BCUT2D eigenvalue weighted by Gasteiger charge is -2.30. The maximum atomic E-state index is 12.7. The van der Waals surface area contributed by atoms with E-state index in [2.05, 4.69) is 36.5 Å². The largest absolute Gasteiger partial charge is 0.378 e. The van der Waals surface area contributed by atoms with Gasteiger partial charge in [0.15, 0.2) is 0 Å². The monoisotopic (exact) mass is 288 g/mol. The highest BCUT2D eigenvalue weighted by Crippen LogP contribution is 2.29. The maximum Gasteiger partial charge on any atom is 0.242 e. The Morgan fingerprint density at radius 3 is 2.57 bits per heavy atom. The lowest BCUT2D eigenvalue weighted by atomic mass is 10.1. The van der Waals surface area contributed by atoms with Crippen LogP contribution in [0.15, 0.2) is 24.3 Å². The van der Waals surface area contributed by atoms with Gasteiger partial charge in [0.25, 0.3) is 0 Å². The minimum absolute atomic E-state index is 0.172. The predicted molar refractivity (Wildman–Crippen MR) is 82.0 cm³/mol. The highest BCUT2D eigenvalue weighted by Gasteiger charge is 2.36. The number of rotatable bonds is 5. The third kappa shape index (κ3) is 3.63. The van der Waals surface area contributed by atoms with Crippen molar-refractivity contribution in [3.8, 4) is 0 Å². The minimum Gasteiger partial charge on any atom is -0.378 e. The van der Waals surface area contributed by atoms with E-state index in [-0.39, 0.29) is 11.9 Å². The van der Waals surface area contributed by atoms with Crippen LogP contribution in [-0.2, 0) is 22.5 Å². The van der Waals surface area contributed by atoms with Gasteiger partial charge in [0.2, 0.25) is 5.91 Å². The van der Waals surface area contributed by atoms with Crippen molar-refractivity contribution in [2.45, 2.75) is 44.8 Å². The molecule has 1 heterocycles. The number of hydrogen-bond acceptors (Lipinski definition) is 3. The molecule has 2 aliphatic rings. The number of morpholine rings is 1. The molecule has 1 aromatic carbocycles. The van der Waals surface area contributed by atoms with Gasteiger partial charge in [0.05, 0.1) is 13.2 Å². The number of benzene rings is 1. The molecule has 1 amide bonds. The molecule has 21 heavy (non-hydrogen) atoms. The summed E-state index contributed by atoms with van der Waals surface area (Å²) in [6, 6.07) is 8.86. The van der Waals surface area contributed by atoms with Crippen LogP contribution in [0.3, 0.4) is 0 Å². The molecule has 1 saturated carbocycles. The molecule has 4 heteroatoms. The molecule has 0 radical (unpaired) electrons. The van der Waals surface area contributed by atoms with Crippen LogP contribution in [0.4, 0.5) is 0 Å². The van der Waals surface area contributed by atoms with E-state index < -0.39 is 0 Å². The molecular weight excluding hydrogens is 264 g/mol. The van der Waals surface area contributed by atoms with E-state index in [1.165, 1.54) is 11.1 Å². The molecule has 0 aromatic heterocycles. The molecule has 1 saturated heterocycles. The van der Waals surface area contributed by atoms with Gasteiger partial charge in [0.1, 0.15) is 6.04 Å². The van der Waals surface area contributed by atoms with Crippen LogP contribution in [0.1, 0.15) is 30.9 Å². The zero-order chi connectivity index (χ0) is 14.7. The average molecular weight is 288 g/mol. The second-order valence-electron chi connectivity index (χ2n) is 5.95. The van der Waals surface area contributed by atoms with E-state index in [4.69, 9.17) is 4.74 Å². The first-order valence-electron chi connectivity index (χ1n) is 7.97. The Balaban J connectivity index is 1.67. The molecule has 1 aliphatic heterocycles. The van der Waals surface area contributed by atoms with Crippen LogP contribution in [0.2, 0.25) is 0 Å². The molecule has 0 spiro atoms. The van der Waals surface area contributed by atoms with E-state index in [1.807, 2.05) is 4.90 Å². The number of amides is 1. The van der Waals surface area contributed by atoms with Crippen molar-refractivity contribution >= 4 is 5.91 Å². The number of aryl methyl sites for hydroxylation is 1. The van der Waals surface area contributed by atoms with Crippen molar-refractivity contribution in [1.29, 1.82) is 0 Å². The van der Waals surface area contributed by atoms with E-state index in [1.54, 1.807) is 0 Å². The smallest absolute Gasteiger partial charge is 0.242 e. The van der Waals surface area contributed by atoms with Crippen molar-refractivity contribution in [2.24, 2.45) is 0 Å². The van der Waals surface area contributed by atoms with Crippen molar-refractivity contribution in [3.05, 3.63) is 35.4 Å². The van der Waals surface area contributed by atoms with Gasteiger partial charge in [-0.2, -0.15) is 0 Å². The van der Waals surface area contributed by atoms with Gasteiger partial charge >= 0.3 is 0 Å². The molecule has 1 aromatic rings. The van der Waals surface area contributed by atoms with Gasteiger partial charge in [0, 0.05) is 19.1 Å². The van der Waals surface area contributed by atoms with Gasteiger partial charge in [-0.15, -0.1) is 0 Å². The topological polar surface area (TPSA) is 41.6 Å². The summed E-state index contributed by atoms with van der Waals surface area (Å²) in [6.07, 6.45) is 3.31.